The number of rotatable bonds is 13. The van der Waals surface area contributed by atoms with Crippen molar-refractivity contribution in [3.63, 3.8) is 0 Å². The Morgan fingerprint density at radius 3 is 2.27 bits per heavy atom. The highest BCUT2D eigenvalue weighted by molar-refractivity contribution is 6.38. The molecule has 1 aromatic carbocycles. The molecule has 5 amide bonds. The molecule has 268 valence electrons. The van der Waals surface area contributed by atoms with Crippen LogP contribution >= 0.6 is 0 Å². The molecule has 1 unspecified atom stereocenters. The summed E-state index contributed by atoms with van der Waals surface area (Å²) in [5.41, 5.74) is 0.133. The van der Waals surface area contributed by atoms with Crippen LogP contribution in [0.5, 0.6) is 0 Å². The van der Waals surface area contributed by atoms with E-state index in [-0.39, 0.29) is 41.6 Å². The van der Waals surface area contributed by atoms with E-state index >= 15 is 0 Å². The largest absolute Gasteiger partial charge is 0.370 e. The summed E-state index contributed by atoms with van der Waals surface area (Å²) in [7, 11) is 3.16. The number of amides is 5. The number of benzene rings is 1. The number of likely N-dealkylation sites (tertiary alicyclic amines) is 1. The van der Waals surface area contributed by atoms with Crippen molar-refractivity contribution in [2.75, 3.05) is 27.2 Å². The third-order valence-electron chi connectivity index (χ3n) is 10.7. The van der Waals surface area contributed by atoms with Gasteiger partial charge >= 0.3 is 0 Å². The van der Waals surface area contributed by atoms with E-state index in [1.54, 1.807) is 49.3 Å². The number of carbonyl (C=O) groups excluding carboxylic acids is 6. The average Bonchev–Trinajstić information content (AvgIpc) is 3.77. The number of nitrogens with one attached hydrogen (secondary N) is 3. The number of ether oxygens (including phenoxy) is 1. The predicted octanol–water partition coefficient (Wildman–Crippen LogP) is 2.51. The first-order valence-electron chi connectivity index (χ1n) is 17.9. The van der Waals surface area contributed by atoms with E-state index in [9.17, 15) is 28.8 Å². The van der Waals surface area contributed by atoms with Crippen LogP contribution in [0.2, 0.25) is 0 Å². The van der Waals surface area contributed by atoms with Crippen molar-refractivity contribution in [2.24, 2.45) is 23.7 Å². The lowest BCUT2D eigenvalue weighted by atomic mass is 9.80. The molecule has 3 N–H and O–H groups in total. The molecule has 2 heterocycles. The van der Waals surface area contributed by atoms with Crippen LogP contribution in [0.4, 0.5) is 0 Å². The Kier molecular flexibility index (Phi) is 11.5. The lowest BCUT2D eigenvalue weighted by Gasteiger charge is -2.34. The maximum atomic E-state index is 14.1. The van der Waals surface area contributed by atoms with Crippen molar-refractivity contribution in [1.29, 1.82) is 0 Å². The number of likely N-dealkylation sites (N-methyl/N-ethyl adjacent to an activating group) is 1. The van der Waals surface area contributed by atoms with Gasteiger partial charge in [-0.2, -0.15) is 0 Å². The smallest absolute Gasteiger partial charge is 0.290 e. The lowest BCUT2D eigenvalue weighted by molar-refractivity contribution is -0.146. The molecule has 4 aliphatic rings. The summed E-state index contributed by atoms with van der Waals surface area (Å²) in [6.45, 7) is 5.72. The van der Waals surface area contributed by atoms with Crippen LogP contribution in [0.25, 0.3) is 0 Å². The van der Waals surface area contributed by atoms with Gasteiger partial charge in [0.2, 0.25) is 29.4 Å². The summed E-state index contributed by atoms with van der Waals surface area (Å²) in [5.74, 6) is -3.32. The Labute approximate surface area is 289 Å². The van der Waals surface area contributed by atoms with E-state index in [0.29, 0.717) is 24.9 Å². The van der Waals surface area contributed by atoms with Crippen molar-refractivity contribution < 1.29 is 33.5 Å². The first-order chi connectivity index (χ1) is 23.3. The fourth-order valence-corrected chi connectivity index (χ4v) is 7.92. The Balaban J connectivity index is 1.25. The maximum Gasteiger partial charge on any atom is 0.290 e. The molecule has 0 bridgehead atoms. The summed E-state index contributed by atoms with van der Waals surface area (Å²) < 4.78 is 6.30. The Morgan fingerprint density at radius 2 is 1.63 bits per heavy atom. The van der Waals surface area contributed by atoms with E-state index in [2.05, 4.69) is 16.0 Å². The molecular formula is C37H53N5O7. The van der Waals surface area contributed by atoms with Gasteiger partial charge in [0.1, 0.15) is 12.1 Å². The topological polar surface area (TPSA) is 154 Å². The molecule has 6 atom stereocenters. The summed E-state index contributed by atoms with van der Waals surface area (Å²) in [6.07, 6.45) is 7.77. The summed E-state index contributed by atoms with van der Waals surface area (Å²) in [6, 6.07) is 5.87. The first-order valence-corrected chi connectivity index (χ1v) is 17.9. The van der Waals surface area contributed by atoms with Crippen LogP contribution in [0.3, 0.4) is 0 Å². The van der Waals surface area contributed by atoms with Crippen molar-refractivity contribution >= 4 is 35.3 Å². The normalized spacial score (nSPS) is 25.0. The zero-order valence-electron chi connectivity index (χ0n) is 29.5. The van der Waals surface area contributed by atoms with E-state index < -0.39 is 53.8 Å². The summed E-state index contributed by atoms with van der Waals surface area (Å²) in [4.78, 5) is 83.5. The molecule has 2 aliphatic carbocycles. The molecule has 49 heavy (non-hydrogen) atoms. The second-order valence-electron chi connectivity index (χ2n) is 15.3. The molecule has 1 aromatic rings. The zero-order valence-corrected chi connectivity index (χ0v) is 29.5. The van der Waals surface area contributed by atoms with Gasteiger partial charge in [-0.1, -0.05) is 69.4 Å². The van der Waals surface area contributed by atoms with Crippen LogP contribution in [0, 0.1) is 23.7 Å². The van der Waals surface area contributed by atoms with Gasteiger partial charge in [0.15, 0.2) is 0 Å². The monoisotopic (exact) mass is 679 g/mol. The molecule has 12 heteroatoms. The average molecular weight is 680 g/mol. The molecule has 2 saturated heterocycles. The second kappa shape index (κ2) is 15.4. The SMILES string of the molecule is C[C@H](C(=O)N1C[C@@H]2OC(C)(C)C[C@@H]2[C@H]1C(=O)NC(CC1CC1)C(=O)C(=O)NCC(=O)N[C@H](C(=O)N(C)C)c1ccccc1)C1CCCCC1. The van der Waals surface area contributed by atoms with Gasteiger partial charge in [-0.15, -0.1) is 0 Å². The summed E-state index contributed by atoms with van der Waals surface area (Å²) >= 11 is 0. The highest BCUT2D eigenvalue weighted by Crippen LogP contribution is 2.44. The molecule has 0 spiro atoms. The Hall–Kier alpha value is -3.80. The van der Waals surface area contributed by atoms with Gasteiger partial charge in [-0.05, 0) is 56.9 Å². The highest BCUT2D eigenvalue weighted by atomic mass is 16.5. The molecule has 2 saturated carbocycles. The number of fused-ring (bicyclic) bond motifs is 1. The first kappa shape index (κ1) is 36.5. The summed E-state index contributed by atoms with van der Waals surface area (Å²) in [5, 5.41) is 7.91. The minimum atomic E-state index is -1.10. The highest BCUT2D eigenvalue weighted by Gasteiger charge is 2.56. The van der Waals surface area contributed by atoms with Gasteiger partial charge < -0.3 is 30.5 Å². The van der Waals surface area contributed by atoms with E-state index in [1.165, 1.54) is 11.3 Å². The quantitative estimate of drug-likeness (QED) is 0.271. The molecule has 0 radical (unpaired) electrons. The van der Waals surface area contributed by atoms with E-state index in [4.69, 9.17) is 4.74 Å². The van der Waals surface area contributed by atoms with Gasteiger partial charge in [0, 0.05) is 32.5 Å². The van der Waals surface area contributed by atoms with E-state index in [1.807, 2.05) is 20.8 Å². The van der Waals surface area contributed by atoms with Gasteiger partial charge in [0.25, 0.3) is 5.91 Å². The van der Waals surface area contributed by atoms with Crippen LogP contribution in [-0.4, -0.2) is 96.1 Å². The predicted molar refractivity (Wildman–Crippen MR) is 182 cm³/mol. The van der Waals surface area contributed by atoms with Crippen LogP contribution in [0.1, 0.15) is 90.2 Å². The fourth-order valence-electron chi connectivity index (χ4n) is 7.92. The van der Waals surface area contributed by atoms with Crippen LogP contribution in [0.15, 0.2) is 30.3 Å². The molecule has 4 fully saturated rings. The van der Waals surface area contributed by atoms with Gasteiger partial charge in [0.05, 0.1) is 24.3 Å². The second-order valence-corrected chi connectivity index (χ2v) is 15.3. The standard InChI is InChI=1S/C37H53N5O7/c1-22(24-12-8-6-9-13-24)35(47)42-21-28-26(19-37(2,3)49-28)31(42)33(45)39-27(18-23-16-17-23)32(44)34(46)38-20-29(43)40-30(36(48)41(4)5)25-14-10-7-11-15-25/h7,10-11,14-15,22-24,26-28,30-31H,6,8-9,12-13,16-21H2,1-5H3,(H,38,46)(H,39,45)(H,40,43)/t22-,26-,27?,28-,30-,31-/m0/s1. The van der Waals surface area contributed by atoms with Crippen molar-refractivity contribution in [3.8, 4) is 0 Å². The molecule has 12 nitrogen and oxygen atoms in total. The lowest BCUT2D eigenvalue weighted by Crippen LogP contribution is -2.56. The van der Waals surface area contributed by atoms with Crippen molar-refractivity contribution in [1.82, 2.24) is 25.8 Å². The Morgan fingerprint density at radius 1 is 0.959 bits per heavy atom. The molecule has 0 aromatic heterocycles. The number of hydrogen-bond donors (Lipinski definition) is 3. The third-order valence-corrected chi connectivity index (χ3v) is 10.7. The molecule has 5 rings (SSSR count). The fraction of sp³-hybridized carbons (Fsp3) is 0.676. The molecular weight excluding hydrogens is 626 g/mol. The van der Waals surface area contributed by atoms with Crippen molar-refractivity contribution in [3.05, 3.63) is 35.9 Å². The number of carbonyl (C=O) groups is 6. The van der Waals surface area contributed by atoms with Crippen LogP contribution < -0.4 is 16.0 Å². The minimum Gasteiger partial charge on any atom is -0.370 e. The zero-order chi connectivity index (χ0) is 35.5. The number of Topliss-reactive ketones (excluding diaryl/α,β-unsaturated/α-hetero) is 1. The number of ketones is 1. The minimum absolute atomic E-state index is 0.0572. The van der Waals surface area contributed by atoms with Gasteiger partial charge in [-0.3, -0.25) is 28.8 Å². The van der Waals surface area contributed by atoms with Crippen molar-refractivity contribution in [2.45, 2.75) is 108 Å². The van der Waals surface area contributed by atoms with Crippen LogP contribution in [-0.2, 0) is 33.5 Å². The van der Waals surface area contributed by atoms with Gasteiger partial charge in [-0.25, -0.2) is 0 Å². The van der Waals surface area contributed by atoms with E-state index in [0.717, 1.165) is 38.5 Å². The molecule has 2 aliphatic heterocycles. The number of hydrogen-bond acceptors (Lipinski definition) is 7. The third kappa shape index (κ3) is 8.87. The Bertz CT molecular complexity index is 1400. The maximum absolute atomic E-state index is 14.1. The number of nitrogens with zero attached hydrogens (tertiary/aromatic N) is 2.